The van der Waals surface area contributed by atoms with Crippen molar-refractivity contribution in [1.29, 1.82) is 0 Å². The van der Waals surface area contributed by atoms with Gasteiger partial charge in [-0.15, -0.1) is 0 Å². The number of urea groups is 1. The van der Waals surface area contributed by atoms with Gasteiger partial charge in [0, 0.05) is 8.95 Å². The van der Waals surface area contributed by atoms with Crippen LogP contribution < -0.4 is 10.6 Å². The van der Waals surface area contributed by atoms with E-state index in [9.17, 15) is 9.59 Å². The van der Waals surface area contributed by atoms with Gasteiger partial charge in [-0.2, -0.15) is 0 Å². The molecule has 0 aliphatic rings. The van der Waals surface area contributed by atoms with E-state index in [1.165, 1.54) is 0 Å². The van der Waals surface area contributed by atoms with Gasteiger partial charge in [-0.25, -0.2) is 9.59 Å². The second-order valence-corrected chi connectivity index (χ2v) is 6.09. The molecule has 0 spiro atoms. The molecule has 0 saturated carbocycles. The lowest BCUT2D eigenvalue weighted by Gasteiger charge is -2.16. The van der Waals surface area contributed by atoms with Crippen LogP contribution in [-0.4, -0.2) is 23.1 Å². The van der Waals surface area contributed by atoms with Crippen LogP contribution in [0.15, 0.2) is 21.1 Å². The Morgan fingerprint density at radius 2 is 1.85 bits per heavy atom. The summed E-state index contributed by atoms with van der Waals surface area (Å²) in [4.78, 5) is 22.9. The standard InChI is InChI=1S/C13H16Br2N2O3/c1-3-4-10(12(18)19)16-13(20)17-11-8(14)5-7(2)6-9(11)15/h5-6,10H,3-4H2,1-2H3,(H,18,19)(H2,16,17,20). The average Bonchev–Trinajstić information content (AvgIpc) is 2.33. The van der Waals surface area contributed by atoms with Crippen molar-refractivity contribution < 1.29 is 14.7 Å². The second-order valence-electron chi connectivity index (χ2n) is 4.38. The molecule has 0 aromatic heterocycles. The summed E-state index contributed by atoms with van der Waals surface area (Å²) in [6, 6.07) is 2.29. The summed E-state index contributed by atoms with van der Waals surface area (Å²) in [5, 5.41) is 14.1. The number of carbonyl (C=O) groups is 2. The largest absolute Gasteiger partial charge is 0.480 e. The van der Waals surface area contributed by atoms with Crippen molar-refractivity contribution in [3.63, 3.8) is 0 Å². The number of rotatable bonds is 5. The van der Waals surface area contributed by atoms with Crippen molar-refractivity contribution in [2.45, 2.75) is 32.7 Å². The Hall–Kier alpha value is -1.08. The molecule has 1 unspecified atom stereocenters. The number of carboxylic acids is 1. The lowest BCUT2D eigenvalue weighted by atomic mass is 10.2. The lowest BCUT2D eigenvalue weighted by Crippen LogP contribution is -2.43. The number of hydrogen-bond acceptors (Lipinski definition) is 2. The number of amides is 2. The fourth-order valence-electron chi connectivity index (χ4n) is 1.67. The van der Waals surface area contributed by atoms with Crippen LogP contribution >= 0.6 is 31.9 Å². The Kier molecular flexibility index (Phi) is 6.48. The van der Waals surface area contributed by atoms with E-state index < -0.39 is 18.0 Å². The molecular weight excluding hydrogens is 392 g/mol. The maximum atomic E-state index is 11.9. The fourth-order valence-corrected chi connectivity index (χ4v) is 3.29. The quantitative estimate of drug-likeness (QED) is 0.692. The van der Waals surface area contributed by atoms with E-state index in [-0.39, 0.29) is 0 Å². The van der Waals surface area contributed by atoms with Gasteiger partial charge in [-0.1, -0.05) is 13.3 Å². The highest BCUT2D eigenvalue weighted by Gasteiger charge is 2.19. The topological polar surface area (TPSA) is 78.4 Å². The van der Waals surface area contributed by atoms with Gasteiger partial charge in [0.05, 0.1) is 5.69 Å². The van der Waals surface area contributed by atoms with Gasteiger partial charge in [0.1, 0.15) is 6.04 Å². The Morgan fingerprint density at radius 1 is 1.30 bits per heavy atom. The van der Waals surface area contributed by atoms with Crippen LogP contribution in [0.5, 0.6) is 0 Å². The second kappa shape index (κ2) is 7.64. The Bertz CT molecular complexity index is 497. The zero-order valence-electron chi connectivity index (χ0n) is 11.2. The van der Waals surface area contributed by atoms with Crippen molar-refractivity contribution in [1.82, 2.24) is 5.32 Å². The third-order valence-electron chi connectivity index (χ3n) is 2.61. The normalized spacial score (nSPS) is 11.8. The molecule has 0 fully saturated rings. The highest BCUT2D eigenvalue weighted by atomic mass is 79.9. The predicted octanol–water partition coefficient (Wildman–Crippen LogP) is 3.89. The molecule has 0 heterocycles. The van der Waals surface area contributed by atoms with E-state index in [4.69, 9.17) is 5.11 Å². The first kappa shape index (κ1) is 17.0. The first-order valence-corrected chi connectivity index (χ1v) is 7.69. The predicted molar refractivity (Wildman–Crippen MR) is 85.1 cm³/mol. The number of nitrogens with one attached hydrogen (secondary N) is 2. The summed E-state index contributed by atoms with van der Waals surface area (Å²) < 4.78 is 1.45. The van der Waals surface area contributed by atoms with E-state index in [0.29, 0.717) is 18.5 Å². The SMILES string of the molecule is CCCC(NC(=O)Nc1c(Br)cc(C)cc1Br)C(=O)O. The fraction of sp³-hybridized carbons (Fsp3) is 0.385. The zero-order chi connectivity index (χ0) is 15.3. The molecule has 5 nitrogen and oxygen atoms in total. The molecule has 110 valence electrons. The maximum Gasteiger partial charge on any atom is 0.326 e. The van der Waals surface area contributed by atoms with Crippen molar-refractivity contribution in [3.8, 4) is 0 Å². The van der Waals surface area contributed by atoms with Gasteiger partial charge in [-0.3, -0.25) is 0 Å². The van der Waals surface area contributed by atoms with Gasteiger partial charge in [0.2, 0.25) is 0 Å². The molecule has 1 atom stereocenters. The van der Waals surface area contributed by atoms with Gasteiger partial charge >= 0.3 is 12.0 Å². The van der Waals surface area contributed by atoms with Crippen LogP contribution in [0.3, 0.4) is 0 Å². The molecule has 0 bridgehead atoms. The highest BCUT2D eigenvalue weighted by Crippen LogP contribution is 2.32. The molecule has 7 heteroatoms. The van der Waals surface area contributed by atoms with Crippen molar-refractivity contribution in [3.05, 3.63) is 26.6 Å². The first-order chi connectivity index (χ1) is 9.35. The van der Waals surface area contributed by atoms with Crippen LogP contribution in [0.4, 0.5) is 10.5 Å². The van der Waals surface area contributed by atoms with Gasteiger partial charge in [-0.05, 0) is 62.9 Å². The zero-order valence-corrected chi connectivity index (χ0v) is 14.3. The maximum absolute atomic E-state index is 11.9. The molecule has 1 rings (SSSR count). The number of halogens is 2. The summed E-state index contributed by atoms with van der Waals surface area (Å²) >= 11 is 6.73. The van der Waals surface area contributed by atoms with E-state index in [1.54, 1.807) is 0 Å². The van der Waals surface area contributed by atoms with Crippen LogP contribution in [0.2, 0.25) is 0 Å². The summed E-state index contributed by atoms with van der Waals surface area (Å²) in [5.74, 6) is -1.04. The number of hydrogen-bond donors (Lipinski definition) is 3. The molecule has 0 saturated heterocycles. The van der Waals surface area contributed by atoms with Crippen LogP contribution in [0.1, 0.15) is 25.3 Å². The highest BCUT2D eigenvalue weighted by molar-refractivity contribution is 9.11. The monoisotopic (exact) mass is 406 g/mol. The van der Waals surface area contributed by atoms with E-state index >= 15 is 0 Å². The Balaban J connectivity index is 2.78. The van der Waals surface area contributed by atoms with Crippen LogP contribution in [0.25, 0.3) is 0 Å². The molecule has 20 heavy (non-hydrogen) atoms. The van der Waals surface area contributed by atoms with E-state index in [2.05, 4.69) is 42.5 Å². The number of aryl methyl sites for hydroxylation is 1. The molecule has 1 aromatic rings. The minimum absolute atomic E-state index is 0.388. The average molecular weight is 408 g/mol. The molecule has 0 aliphatic carbocycles. The van der Waals surface area contributed by atoms with Crippen molar-refractivity contribution in [2.24, 2.45) is 0 Å². The molecular formula is C13H16Br2N2O3. The molecule has 0 aliphatic heterocycles. The van der Waals surface area contributed by atoms with Gasteiger partial charge < -0.3 is 15.7 Å². The van der Waals surface area contributed by atoms with E-state index in [0.717, 1.165) is 14.5 Å². The number of anilines is 1. The van der Waals surface area contributed by atoms with Gasteiger partial charge in [0.15, 0.2) is 0 Å². The van der Waals surface area contributed by atoms with Crippen molar-refractivity contribution >= 4 is 49.5 Å². The minimum Gasteiger partial charge on any atom is -0.480 e. The van der Waals surface area contributed by atoms with Crippen LogP contribution in [-0.2, 0) is 4.79 Å². The molecule has 1 aromatic carbocycles. The summed E-state index contributed by atoms with van der Waals surface area (Å²) in [6.45, 7) is 3.80. The van der Waals surface area contributed by atoms with E-state index in [1.807, 2.05) is 26.0 Å². The smallest absolute Gasteiger partial charge is 0.326 e. The summed E-state index contributed by atoms with van der Waals surface area (Å²) in [5.41, 5.74) is 1.60. The number of aliphatic carboxylic acids is 1. The summed E-state index contributed by atoms with van der Waals surface area (Å²) in [6.07, 6.45) is 1.06. The number of carbonyl (C=O) groups excluding carboxylic acids is 1. The first-order valence-electron chi connectivity index (χ1n) is 6.11. The van der Waals surface area contributed by atoms with Crippen molar-refractivity contribution in [2.75, 3.05) is 5.32 Å². The third-order valence-corrected chi connectivity index (χ3v) is 3.86. The minimum atomic E-state index is -1.04. The number of carboxylic acid groups (broad SMARTS) is 1. The van der Waals surface area contributed by atoms with Gasteiger partial charge in [0.25, 0.3) is 0 Å². The Labute approximate surface area is 134 Å². The van der Waals surface area contributed by atoms with Crippen LogP contribution in [0, 0.1) is 6.92 Å². The lowest BCUT2D eigenvalue weighted by molar-refractivity contribution is -0.139. The Morgan fingerprint density at radius 3 is 2.30 bits per heavy atom. The molecule has 3 N–H and O–H groups in total. The molecule has 2 amide bonds. The number of benzene rings is 1. The third kappa shape index (κ3) is 4.79. The molecule has 0 radical (unpaired) electrons. The summed E-state index contributed by atoms with van der Waals surface area (Å²) in [7, 11) is 0.